The van der Waals surface area contributed by atoms with E-state index in [1.807, 2.05) is 11.8 Å². The topological polar surface area (TPSA) is 120 Å². The number of aliphatic imine (C=N–C) groups is 1. The number of pyridine rings is 1. The minimum absolute atomic E-state index is 0.0219. The van der Waals surface area contributed by atoms with Gasteiger partial charge in [-0.3, -0.25) is 19.4 Å². The highest BCUT2D eigenvalue weighted by molar-refractivity contribution is 6.37. The van der Waals surface area contributed by atoms with Crippen LogP contribution in [0.25, 0.3) is 0 Å². The SMILES string of the molecule is CCN1C(=O)[C@@H]2CN(C(=O)CCOC[C@H](C)N=C3C=NNC(=O)C3C(F)(F)F)CCN2c2ncc(Cl)cc21. The Hall–Kier alpha value is -3.26. The van der Waals surface area contributed by atoms with Gasteiger partial charge in [-0.2, -0.15) is 18.3 Å². The van der Waals surface area contributed by atoms with Crippen molar-refractivity contribution in [2.75, 3.05) is 49.2 Å². The van der Waals surface area contributed by atoms with Crippen LogP contribution in [0, 0.1) is 5.92 Å². The number of alkyl halides is 3. The van der Waals surface area contributed by atoms with Gasteiger partial charge in [0.2, 0.25) is 5.91 Å². The third-order valence-corrected chi connectivity index (χ3v) is 6.63. The molecule has 1 aromatic heterocycles. The van der Waals surface area contributed by atoms with Crippen LogP contribution in [-0.2, 0) is 19.1 Å². The summed E-state index contributed by atoms with van der Waals surface area (Å²) in [6.45, 7) is 4.80. The van der Waals surface area contributed by atoms with Gasteiger partial charge in [0.1, 0.15) is 6.04 Å². The van der Waals surface area contributed by atoms with Crippen LogP contribution in [0.15, 0.2) is 22.4 Å². The number of rotatable bonds is 7. The number of aromatic nitrogens is 1. The van der Waals surface area contributed by atoms with E-state index < -0.39 is 35.8 Å². The zero-order chi connectivity index (χ0) is 27.6. The average Bonchev–Trinajstić information content (AvgIpc) is 2.85. The van der Waals surface area contributed by atoms with Crippen molar-refractivity contribution < 1.29 is 32.3 Å². The van der Waals surface area contributed by atoms with Crippen molar-refractivity contribution in [2.45, 2.75) is 38.5 Å². The van der Waals surface area contributed by atoms with Crippen LogP contribution in [0.3, 0.4) is 0 Å². The second kappa shape index (κ2) is 11.2. The number of carbonyl (C=O) groups excluding carboxylic acids is 3. The molecule has 206 valence electrons. The Kier molecular flexibility index (Phi) is 8.21. The van der Waals surface area contributed by atoms with E-state index in [-0.39, 0.29) is 38.0 Å². The number of ether oxygens (including phenoxy) is 1. The second-order valence-electron chi connectivity index (χ2n) is 9.06. The van der Waals surface area contributed by atoms with Crippen LogP contribution in [0.1, 0.15) is 20.3 Å². The predicted molar refractivity (Wildman–Crippen MR) is 134 cm³/mol. The van der Waals surface area contributed by atoms with E-state index in [0.717, 1.165) is 6.21 Å². The van der Waals surface area contributed by atoms with Crippen molar-refractivity contribution in [1.82, 2.24) is 15.3 Å². The molecule has 4 heterocycles. The Balaban J connectivity index is 1.30. The van der Waals surface area contributed by atoms with Gasteiger partial charge >= 0.3 is 6.18 Å². The molecule has 3 aliphatic rings. The fourth-order valence-corrected chi connectivity index (χ4v) is 4.82. The molecule has 1 unspecified atom stereocenters. The maximum absolute atomic E-state index is 13.2. The van der Waals surface area contributed by atoms with Gasteiger partial charge in [0.05, 0.1) is 54.9 Å². The van der Waals surface area contributed by atoms with Crippen LogP contribution >= 0.6 is 11.6 Å². The summed E-state index contributed by atoms with van der Waals surface area (Å²) in [5, 5.41) is 3.83. The molecule has 0 aromatic carbocycles. The molecule has 15 heteroatoms. The first-order chi connectivity index (χ1) is 18.0. The molecule has 3 atom stereocenters. The summed E-state index contributed by atoms with van der Waals surface area (Å²) >= 11 is 6.09. The number of anilines is 2. The fraction of sp³-hybridized carbons (Fsp3) is 0.565. The fourth-order valence-electron chi connectivity index (χ4n) is 4.66. The number of carbonyl (C=O) groups is 3. The molecule has 1 saturated heterocycles. The Morgan fingerprint density at radius 1 is 1.34 bits per heavy atom. The molecule has 1 aromatic rings. The van der Waals surface area contributed by atoms with Crippen molar-refractivity contribution in [3.8, 4) is 0 Å². The molecule has 0 aliphatic carbocycles. The number of hydrazone groups is 1. The average molecular weight is 558 g/mol. The standard InChI is InChI=1S/C23H27ClF3N7O4/c1-3-33-16-8-14(24)9-28-20(16)34-6-5-32(11-17(34)22(33)37)18(35)4-7-38-12-13(2)30-15-10-29-31-21(36)19(15)23(25,26)27/h8-10,13,17,19H,3-7,11-12H2,1-2H3,(H,31,36)/t13-,17-,19?/m0/s1. The highest BCUT2D eigenvalue weighted by Gasteiger charge is 2.49. The highest BCUT2D eigenvalue weighted by Crippen LogP contribution is 2.37. The summed E-state index contributed by atoms with van der Waals surface area (Å²) in [6, 6.07) is 0.440. The van der Waals surface area contributed by atoms with E-state index in [4.69, 9.17) is 16.3 Å². The molecule has 0 radical (unpaired) electrons. The maximum Gasteiger partial charge on any atom is 0.406 e. The van der Waals surface area contributed by atoms with Crippen molar-refractivity contribution in [1.29, 1.82) is 0 Å². The number of piperazine rings is 1. The van der Waals surface area contributed by atoms with Gasteiger partial charge in [-0.15, -0.1) is 0 Å². The summed E-state index contributed by atoms with van der Waals surface area (Å²) in [6.07, 6.45) is -2.37. The smallest absolute Gasteiger partial charge is 0.379 e. The molecule has 38 heavy (non-hydrogen) atoms. The van der Waals surface area contributed by atoms with Crippen LogP contribution < -0.4 is 15.2 Å². The van der Waals surface area contributed by atoms with E-state index >= 15 is 0 Å². The first-order valence-electron chi connectivity index (χ1n) is 12.1. The van der Waals surface area contributed by atoms with Gasteiger partial charge in [0.15, 0.2) is 11.7 Å². The number of likely N-dealkylation sites (N-methyl/N-ethyl adjacent to an activating group) is 1. The van der Waals surface area contributed by atoms with Gasteiger partial charge in [0, 0.05) is 25.8 Å². The molecule has 0 spiro atoms. The summed E-state index contributed by atoms with van der Waals surface area (Å²) in [7, 11) is 0. The second-order valence-corrected chi connectivity index (χ2v) is 9.50. The lowest BCUT2D eigenvalue weighted by molar-refractivity contribution is -0.168. The van der Waals surface area contributed by atoms with Gasteiger partial charge < -0.3 is 19.4 Å². The highest BCUT2D eigenvalue weighted by atomic mass is 35.5. The molecule has 0 bridgehead atoms. The van der Waals surface area contributed by atoms with Crippen LogP contribution in [0.5, 0.6) is 0 Å². The lowest BCUT2D eigenvalue weighted by atomic mass is 10.0. The van der Waals surface area contributed by atoms with Crippen LogP contribution in [0.2, 0.25) is 5.02 Å². The number of fused-ring (bicyclic) bond motifs is 3. The summed E-state index contributed by atoms with van der Waals surface area (Å²) in [5.41, 5.74) is 1.94. The summed E-state index contributed by atoms with van der Waals surface area (Å²) < 4.78 is 45.1. The molecule has 1 fully saturated rings. The summed E-state index contributed by atoms with van der Waals surface area (Å²) in [5.74, 6) is -3.38. The lowest BCUT2D eigenvalue weighted by Gasteiger charge is -2.47. The van der Waals surface area contributed by atoms with Crippen molar-refractivity contribution in [3.05, 3.63) is 17.3 Å². The first kappa shape index (κ1) is 27.8. The Labute approximate surface area is 221 Å². The minimum atomic E-state index is -4.80. The molecule has 1 N–H and O–H groups in total. The first-order valence-corrected chi connectivity index (χ1v) is 12.5. The number of halogens is 4. The third kappa shape index (κ3) is 5.75. The summed E-state index contributed by atoms with van der Waals surface area (Å²) in [4.78, 5) is 51.1. The van der Waals surface area contributed by atoms with Crippen molar-refractivity contribution in [2.24, 2.45) is 16.0 Å². The van der Waals surface area contributed by atoms with E-state index in [2.05, 4.69) is 15.1 Å². The molecule has 0 saturated carbocycles. The van der Waals surface area contributed by atoms with Crippen LogP contribution in [-0.4, -0.2) is 97.2 Å². The lowest BCUT2D eigenvalue weighted by Crippen LogP contribution is -2.63. The Morgan fingerprint density at radius 3 is 2.82 bits per heavy atom. The Morgan fingerprint density at radius 2 is 2.11 bits per heavy atom. The molecular weight excluding hydrogens is 531 g/mol. The van der Waals surface area contributed by atoms with Gasteiger partial charge in [-0.05, 0) is 19.9 Å². The quantitative estimate of drug-likeness (QED) is 0.509. The van der Waals surface area contributed by atoms with Crippen molar-refractivity contribution >= 4 is 52.8 Å². The van der Waals surface area contributed by atoms with E-state index in [9.17, 15) is 27.6 Å². The largest absolute Gasteiger partial charge is 0.406 e. The zero-order valence-electron chi connectivity index (χ0n) is 20.7. The number of hydrogen-bond donors (Lipinski definition) is 1. The van der Waals surface area contributed by atoms with Crippen molar-refractivity contribution in [3.63, 3.8) is 0 Å². The van der Waals surface area contributed by atoms with Gasteiger partial charge in [-0.1, -0.05) is 11.6 Å². The molecular formula is C23H27ClF3N7O4. The monoisotopic (exact) mass is 557 g/mol. The van der Waals surface area contributed by atoms with Gasteiger partial charge in [-0.25, -0.2) is 10.4 Å². The van der Waals surface area contributed by atoms with Crippen LogP contribution in [0.4, 0.5) is 24.7 Å². The van der Waals surface area contributed by atoms with E-state index in [1.54, 1.807) is 21.3 Å². The maximum atomic E-state index is 13.2. The number of hydrogen-bond acceptors (Lipinski definition) is 8. The minimum Gasteiger partial charge on any atom is -0.379 e. The molecule has 3 aliphatic heterocycles. The number of nitrogens with one attached hydrogen (secondary N) is 1. The van der Waals surface area contributed by atoms with Gasteiger partial charge in [0.25, 0.3) is 11.8 Å². The number of amides is 3. The predicted octanol–water partition coefficient (Wildman–Crippen LogP) is 1.65. The molecule has 4 rings (SSSR count). The molecule has 11 nitrogen and oxygen atoms in total. The molecule has 3 amide bonds. The number of nitrogens with zero attached hydrogens (tertiary/aromatic N) is 6. The third-order valence-electron chi connectivity index (χ3n) is 6.42. The Bertz CT molecular complexity index is 1160. The zero-order valence-corrected chi connectivity index (χ0v) is 21.5. The normalized spacial score (nSPS) is 23.3. The van der Waals surface area contributed by atoms with E-state index in [0.29, 0.717) is 36.2 Å². The van der Waals surface area contributed by atoms with E-state index in [1.165, 1.54) is 13.1 Å².